The number of amides is 2. The van der Waals surface area contributed by atoms with Crippen LogP contribution in [-0.4, -0.2) is 75.3 Å². The highest BCUT2D eigenvalue weighted by Gasteiger charge is 2.77. The number of piperidine rings is 1. The van der Waals surface area contributed by atoms with Crippen LogP contribution in [0.25, 0.3) is 0 Å². The minimum atomic E-state index is -1.09. The summed E-state index contributed by atoms with van der Waals surface area (Å²) < 4.78 is 21.3. The van der Waals surface area contributed by atoms with Gasteiger partial charge in [0.2, 0.25) is 0 Å². The third-order valence-electron chi connectivity index (χ3n) is 10.7. The van der Waals surface area contributed by atoms with Gasteiger partial charge in [-0.05, 0) is 55.5 Å². The average molecular weight is 506 g/mol. The van der Waals surface area contributed by atoms with Gasteiger partial charge in [-0.15, -0.1) is 0 Å². The first-order valence-electron chi connectivity index (χ1n) is 13.4. The molecule has 6 atom stereocenters. The summed E-state index contributed by atoms with van der Waals surface area (Å²) in [6, 6.07) is 6.64. The topological polar surface area (TPSA) is 87.1 Å². The van der Waals surface area contributed by atoms with E-state index >= 15 is 0 Å². The number of halogens is 1. The van der Waals surface area contributed by atoms with Crippen molar-refractivity contribution in [1.82, 2.24) is 4.90 Å². The van der Waals surface area contributed by atoms with Crippen molar-refractivity contribution in [3.05, 3.63) is 58.4 Å². The molecule has 3 heterocycles. The number of carbonyl (C=O) groups excluding carboxylic acids is 2. The van der Waals surface area contributed by atoms with E-state index in [1.54, 1.807) is 6.07 Å². The molecule has 192 valence electrons. The maximum Gasteiger partial charge on any atom is 0.262 e. The Bertz CT molecular complexity index is 1420. The van der Waals surface area contributed by atoms with Crippen LogP contribution in [0.2, 0.25) is 0 Å². The van der Waals surface area contributed by atoms with Crippen LogP contribution in [0.4, 0.5) is 4.39 Å². The molecule has 7 nitrogen and oxygen atoms in total. The summed E-state index contributed by atoms with van der Waals surface area (Å²) in [4.78, 5) is 28.2. The zero-order valence-corrected chi connectivity index (χ0v) is 20.7. The number of carbonyl (C=O) groups is 2. The Morgan fingerprint density at radius 1 is 1.11 bits per heavy atom. The molecule has 0 aromatic heterocycles. The molecule has 6 aliphatic rings. The standard InChI is InChI=1S/C29H29FN2O5/c1-32(14-15-2-3-15)11-10-28-23-16-4-7-21(33)24(23)37-25(28)20(8-9-29(28,36)22(32)12-16)31-26(34)18-6-5-17(30)13-19(18)27(31)35/h4-7,13,15,20,22,25,36H,2-3,8-12,14H2,1H3/p+1/t20-,22-,25+,28+,29-,32?/m1/s1. The Kier molecular flexibility index (Phi) is 4.00. The number of aliphatic hydroxyl groups is 1. The monoisotopic (exact) mass is 505 g/mol. The van der Waals surface area contributed by atoms with Gasteiger partial charge in [0.1, 0.15) is 23.6 Å². The van der Waals surface area contributed by atoms with E-state index in [0.29, 0.717) is 37.4 Å². The highest BCUT2D eigenvalue weighted by atomic mass is 19.1. The SMILES string of the molecule is C[N+]1(CC2CC2)CC[C@]23c4c5ccc(O)c4O[C@H]2[C@H](N2C(=O)c4ccc(F)cc4C2=O)CC[C@@]3(O)[C@H]1C5. The van der Waals surface area contributed by atoms with Crippen LogP contribution in [-0.2, 0) is 11.8 Å². The van der Waals surface area contributed by atoms with E-state index in [9.17, 15) is 24.2 Å². The number of hydrogen-bond donors (Lipinski definition) is 2. The summed E-state index contributed by atoms with van der Waals surface area (Å²) in [7, 11) is 2.27. The molecule has 2 bridgehead atoms. The number of fused-ring (bicyclic) bond motifs is 1. The molecule has 8 heteroatoms. The fraction of sp³-hybridized carbons (Fsp3) is 0.517. The fourth-order valence-electron chi connectivity index (χ4n) is 8.93. The fourth-order valence-corrected chi connectivity index (χ4v) is 8.93. The molecule has 3 fully saturated rings. The molecular formula is C29H30FN2O5+. The van der Waals surface area contributed by atoms with Crippen molar-refractivity contribution >= 4 is 11.8 Å². The van der Waals surface area contributed by atoms with Gasteiger partial charge in [0.15, 0.2) is 11.5 Å². The van der Waals surface area contributed by atoms with E-state index < -0.39 is 40.8 Å². The molecule has 1 spiro atoms. The highest BCUT2D eigenvalue weighted by Crippen LogP contribution is 2.67. The van der Waals surface area contributed by atoms with E-state index in [4.69, 9.17) is 4.74 Å². The van der Waals surface area contributed by atoms with Crippen molar-refractivity contribution in [2.45, 2.75) is 67.7 Å². The van der Waals surface area contributed by atoms with Gasteiger partial charge in [0, 0.05) is 24.3 Å². The third-order valence-corrected chi connectivity index (χ3v) is 10.7. The highest BCUT2D eigenvalue weighted by molar-refractivity contribution is 6.21. The van der Waals surface area contributed by atoms with E-state index in [-0.39, 0.29) is 22.9 Å². The Balaban J connectivity index is 1.28. The second-order valence-corrected chi connectivity index (χ2v) is 12.5. The van der Waals surface area contributed by atoms with Crippen LogP contribution in [0.1, 0.15) is 63.9 Å². The largest absolute Gasteiger partial charge is 0.504 e. The number of nitrogens with zero attached hydrogens (tertiary/aromatic N) is 2. The number of benzene rings is 2. The summed E-state index contributed by atoms with van der Waals surface area (Å²) >= 11 is 0. The number of likely N-dealkylation sites (N-methyl/N-ethyl adjacent to an activating group) is 1. The number of phenolic OH excluding ortho intramolecular Hbond substituents is 1. The summed E-state index contributed by atoms with van der Waals surface area (Å²) in [5.41, 5.74) is 0.289. The van der Waals surface area contributed by atoms with Crippen molar-refractivity contribution in [3.63, 3.8) is 0 Å². The third kappa shape index (κ3) is 2.49. The molecule has 2 amide bonds. The molecule has 3 aliphatic heterocycles. The van der Waals surface area contributed by atoms with E-state index in [1.165, 1.54) is 29.9 Å². The first-order valence-corrected chi connectivity index (χ1v) is 13.4. The van der Waals surface area contributed by atoms with Crippen LogP contribution in [0.15, 0.2) is 30.3 Å². The molecule has 8 rings (SSSR count). The number of aromatic hydroxyl groups is 1. The summed E-state index contributed by atoms with van der Waals surface area (Å²) in [5.74, 6) is -0.432. The second-order valence-electron chi connectivity index (χ2n) is 12.5. The van der Waals surface area contributed by atoms with Crippen molar-refractivity contribution in [2.75, 3.05) is 20.1 Å². The maximum absolute atomic E-state index is 14.0. The Hall–Kier alpha value is -2.97. The van der Waals surface area contributed by atoms with E-state index in [1.807, 2.05) is 6.07 Å². The number of imide groups is 1. The number of phenols is 1. The van der Waals surface area contributed by atoms with Gasteiger partial charge < -0.3 is 19.4 Å². The molecule has 2 aromatic rings. The minimum Gasteiger partial charge on any atom is -0.504 e. The quantitative estimate of drug-likeness (QED) is 0.495. The molecule has 37 heavy (non-hydrogen) atoms. The Morgan fingerprint density at radius 2 is 1.89 bits per heavy atom. The van der Waals surface area contributed by atoms with Gasteiger partial charge in [-0.3, -0.25) is 14.5 Å². The summed E-state index contributed by atoms with van der Waals surface area (Å²) in [6.45, 7) is 1.90. The predicted octanol–water partition coefficient (Wildman–Crippen LogP) is 2.90. The number of ether oxygens (including phenoxy) is 1. The van der Waals surface area contributed by atoms with Gasteiger partial charge in [0.25, 0.3) is 11.8 Å². The van der Waals surface area contributed by atoms with Gasteiger partial charge >= 0.3 is 0 Å². The molecule has 2 aromatic carbocycles. The normalized spacial score (nSPS) is 38.9. The lowest BCUT2D eigenvalue weighted by Crippen LogP contribution is -2.82. The van der Waals surface area contributed by atoms with Crippen molar-refractivity contribution in [3.8, 4) is 11.5 Å². The van der Waals surface area contributed by atoms with Crippen LogP contribution in [0.5, 0.6) is 11.5 Å². The zero-order chi connectivity index (χ0) is 25.5. The summed E-state index contributed by atoms with van der Waals surface area (Å²) in [6.07, 6.45) is 3.97. The van der Waals surface area contributed by atoms with Crippen LogP contribution in [0, 0.1) is 11.7 Å². The Labute approximate surface area is 214 Å². The first-order chi connectivity index (χ1) is 17.7. The van der Waals surface area contributed by atoms with E-state index in [0.717, 1.165) is 34.8 Å². The van der Waals surface area contributed by atoms with Crippen molar-refractivity contribution in [1.29, 1.82) is 0 Å². The molecule has 2 N–H and O–H groups in total. The average Bonchev–Trinajstić information content (AvgIpc) is 3.54. The molecule has 1 saturated heterocycles. The van der Waals surface area contributed by atoms with E-state index in [2.05, 4.69) is 7.05 Å². The molecule has 2 saturated carbocycles. The molecule has 3 aliphatic carbocycles. The number of hydrogen-bond acceptors (Lipinski definition) is 5. The molecular weight excluding hydrogens is 475 g/mol. The van der Waals surface area contributed by atoms with Gasteiger partial charge in [0.05, 0.1) is 42.7 Å². The van der Waals surface area contributed by atoms with Gasteiger partial charge in [-0.25, -0.2) is 4.39 Å². The van der Waals surface area contributed by atoms with Crippen molar-refractivity contribution < 1.29 is 33.4 Å². The first kappa shape index (κ1) is 22.1. The number of quaternary nitrogens is 1. The molecule has 1 unspecified atom stereocenters. The van der Waals surface area contributed by atoms with Crippen molar-refractivity contribution in [2.24, 2.45) is 5.92 Å². The van der Waals surface area contributed by atoms with Gasteiger partial charge in [-0.2, -0.15) is 0 Å². The maximum atomic E-state index is 14.0. The van der Waals surface area contributed by atoms with Crippen LogP contribution in [0.3, 0.4) is 0 Å². The lowest BCUT2D eigenvalue weighted by Gasteiger charge is -2.66. The van der Waals surface area contributed by atoms with Gasteiger partial charge in [-0.1, -0.05) is 6.07 Å². The van der Waals surface area contributed by atoms with Crippen LogP contribution < -0.4 is 4.74 Å². The smallest absolute Gasteiger partial charge is 0.262 e. The Morgan fingerprint density at radius 3 is 2.68 bits per heavy atom. The summed E-state index contributed by atoms with van der Waals surface area (Å²) in [5, 5.41) is 23.6. The lowest BCUT2D eigenvalue weighted by atomic mass is 9.47. The minimum absolute atomic E-state index is 0.0207. The zero-order valence-electron chi connectivity index (χ0n) is 20.7. The predicted molar refractivity (Wildman–Crippen MR) is 130 cm³/mol. The number of rotatable bonds is 3. The number of likely N-dealkylation sites (tertiary alicyclic amines) is 1. The second kappa shape index (κ2) is 6.72. The van der Waals surface area contributed by atoms with Crippen LogP contribution >= 0.6 is 0 Å². The lowest BCUT2D eigenvalue weighted by molar-refractivity contribution is -0.950. The molecule has 0 radical (unpaired) electrons.